The van der Waals surface area contributed by atoms with Crippen LogP contribution in [0.4, 0.5) is 11.4 Å². The van der Waals surface area contributed by atoms with E-state index in [4.69, 9.17) is 32.7 Å². The number of carbonyl (C=O) groups is 1. The predicted octanol–water partition coefficient (Wildman–Crippen LogP) is 6.54. The first-order chi connectivity index (χ1) is 14.9. The summed E-state index contributed by atoms with van der Waals surface area (Å²) in [6, 6.07) is 18.7. The monoisotopic (exact) mass is 458 g/mol. The van der Waals surface area contributed by atoms with E-state index >= 15 is 0 Å². The van der Waals surface area contributed by atoms with Gasteiger partial charge < -0.3 is 20.1 Å². The molecule has 0 fully saturated rings. The first-order valence-corrected chi connectivity index (χ1v) is 10.6. The Morgan fingerprint density at radius 1 is 0.903 bits per heavy atom. The quantitative estimate of drug-likeness (QED) is 0.381. The minimum Gasteiger partial charge on any atom is -0.490 e. The molecule has 0 aliphatic rings. The molecule has 31 heavy (non-hydrogen) atoms. The molecule has 0 unspecified atom stereocenters. The van der Waals surface area contributed by atoms with Gasteiger partial charge in [0.1, 0.15) is 6.61 Å². The van der Waals surface area contributed by atoms with Crippen molar-refractivity contribution >= 4 is 40.5 Å². The maximum Gasteiger partial charge on any atom is 0.221 e. The van der Waals surface area contributed by atoms with Crippen molar-refractivity contribution in [3.63, 3.8) is 0 Å². The zero-order valence-corrected chi connectivity index (χ0v) is 18.9. The standard InChI is InChI=1S/C24H24Cl2N2O3/c1-3-30-23-13-18(14-27-20-8-10-21(11-9-20)28-16(2)29)12-22(26)24(23)31-15-17-4-6-19(25)7-5-17/h4-13,27H,3,14-15H2,1-2H3,(H,28,29). The second kappa shape index (κ2) is 10.9. The molecule has 0 saturated carbocycles. The van der Waals surface area contributed by atoms with Gasteiger partial charge in [0.2, 0.25) is 5.91 Å². The van der Waals surface area contributed by atoms with E-state index in [2.05, 4.69) is 10.6 Å². The van der Waals surface area contributed by atoms with Gasteiger partial charge in [-0.1, -0.05) is 35.3 Å². The third-order valence-corrected chi connectivity index (χ3v) is 4.90. The van der Waals surface area contributed by atoms with Crippen LogP contribution in [0.3, 0.4) is 0 Å². The summed E-state index contributed by atoms with van der Waals surface area (Å²) < 4.78 is 11.7. The Labute approximate surface area is 192 Å². The number of carbonyl (C=O) groups excluding carboxylic acids is 1. The Morgan fingerprint density at radius 2 is 1.58 bits per heavy atom. The number of benzene rings is 3. The van der Waals surface area contributed by atoms with Crippen LogP contribution >= 0.6 is 23.2 Å². The summed E-state index contributed by atoms with van der Waals surface area (Å²) in [4.78, 5) is 11.1. The highest BCUT2D eigenvalue weighted by Crippen LogP contribution is 2.37. The lowest BCUT2D eigenvalue weighted by Crippen LogP contribution is -2.06. The summed E-state index contributed by atoms with van der Waals surface area (Å²) >= 11 is 12.5. The third-order valence-electron chi connectivity index (χ3n) is 4.37. The Morgan fingerprint density at radius 3 is 2.23 bits per heavy atom. The molecular formula is C24H24Cl2N2O3. The van der Waals surface area contributed by atoms with Gasteiger partial charge in [0.05, 0.1) is 11.6 Å². The van der Waals surface area contributed by atoms with Crippen molar-refractivity contribution in [3.05, 3.63) is 81.8 Å². The molecule has 0 aliphatic heterocycles. The van der Waals surface area contributed by atoms with Crippen molar-refractivity contribution in [1.29, 1.82) is 0 Å². The normalized spacial score (nSPS) is 10.5. The number of hydrogen-bond acceptors (Lipinski definition) is 4. The van der Waals surface area contributed by atoms with Gasteiger partial charge in [0.25, 0.3) is 0 Å². The summed E-state index contributed by atoms with van der Waals surface area (Å²) in [6.45, 7) is 4.80. The van der Waals surface area contributed by atoms with E-state index in [0.29, 0.717) is 41.3 Å². The summed E-state index contributed by atoms with van der Waals surface area (Å²) in [5.41, 5.74) is 3.61. The van der Waals surface area contributed by atoms with Crippen LogP contribution < -0.4 is 20.1 Å². The maximum absolute atomic E-state index is 11.1. The summed E-state index contributed by atoms with van der Waals surface area (Å²) in [5.74, 6) is 1.01. The van der Waals surface area contributed by atoms with E-state index in [1.807, 2.05) is 67.6 Å². The second-order valence-electron chi connectivity index (χ2n) is 6.87. The van der Waals surface area contributed by atoms with Gasteiger partial charge in [-0.25, -0.2) is 0 Å². The molecule has 0 aromatic heterocycles. The fourth-order valence-electron chi connectivity index (χ4n) is 2.94. The van der Waals surface area contributed by atoms with Crippen molar-refractivity contribution in [2.24, 2.45) is 0 Å². The largest absolute Gasteiger partial charge is 0.490 e. The fourth-order valence-corrected chi connectivity index (χ4v) is 3.36. The van der Waals surface area contributed by atoms with Gasteiger partial charge in [-0.2, -0.15) is 0 Å². The zero-order chi connectivity index (χ0) is 22.2. The minimum atomic E-state index is -0.0998. The van der Waals surface area contributed by atoms with Crippen molar-refractivity contribution in [2.75, 3.05) is 17.2 Å². The van der Waals surface area contributed by atoms with Crippen LogP contribution in [0.2, 0.25) is 10.0 Å². The molecule has 3 rings (SSSR count). The van der Waals surface area contributed by atoms with Crippen LogP contribution in [-0.4, -0.2) is 12.5 Å². The minimum absolute atomic E-state index is 0.0998. The molecule has 0 aliphatic carbocycles. The molecule has 3 aromatic carbocycles. The molecule has 1 amide bonds. The average Bonchev–Trinajstić information content (AvgIpc) is 2.74. The Kier molecular flexibility index (Phi) is 8.04. The first-order valence-electron chi connectivity index (χ1n) is 9.88. The average molecular weight is 459 g/mol. The van der Waals surface area contributed by atoms with Gasteiger partial charge in [-0.3, -0.25) is 4.79 Å². The van der Waals surface area contributed by atoms with Gasteiger partial charge in [0, 0.05) is 29.9 Å². The smallest absolute Gasteiger partial charge is 0.221 e. The predicted molar refractivity (Wildman–Crippen MR) is 126 cm³/mol. The van der Waals surface area contributed by atoms with Gasteiger partial charge in [-0.15, -0.1) is 0 Å². The summed E-state index contributed by atoms with van der Waals surface area (Å²) in [7, 11) is 0. The first kappa shape index (κ1) is 22.8. The van der Waals surface area contributed by atoms with E-state index in [1.54, 1.807) is 0 Å². The van der Waals surface area contributed by atoms with Crippen LogP contribution in [-0.2, 0) is 17.9 Å². The van der Waals surface area contributed by atoms with E-state index in [0.717, 1.165) is 22.5 Å². The van der Waals surface area contributed by atoms with Crippen molar-refractivity contribution in [3.8, 4) is 11.5 Å². The molecule has 2 N–H and O–H groups in total. The Balaban J connectivity index is 1.68. The number of amides is 1. The molecule has 0 spiro atoms. The van der Waals surface area contributed by atoms with E-state index in [9.17, 15) is 4.79 Å². The molecule has 0 heterocycles. The van der Waals surface area contributed by atoms with Crippen LogP contribution in [0.1, 0.15) is 25.0 Å². The van der Waals surface area contributed by atoms with Gasteiger partial charge in [-0.05, 0) is 66.6 Å². The molecule has 0 radical (unpaired) electrons. The number of hydrogen-bond donors (Lipinski definition) is 2. The number of ether oxygens (including phenoxy) is 2. The molecule has 0 bridgehead atoms. The Hall–Kier alpha value is -2.89. The summed E-state index contributed by atoms with van der Waals surface area (Å²) in [6.07, 6.45) is 0. The zero-order valence-electron chi connectivity index (χ0n) is 17.4. The molecule has 0 saturated heterocycles. The van der Waals surface area contributed by atoms with Crippen LogP contribution in [0.15, 0.2) is 60.7 Å². The number of nitrogens with one attached hydrogen (secondary N) is 2. The van der Waals surface area contributed by atoms with Gasteiger partial charge >= 0.3 is 0 Å². The molecule has 5 nitrogen and oxygen atoms in total. The van der Waals surface area contributed by atoms with E-state index in [1.165, 1.54) is 6.92 Å². The van der Waals surface area contributed by atoms with Crippen molar-refractivity contribution in [2.45, 2.75) is 27.0 Å². The topological polar surface area (TPSA) is 59.6 Å². The second-order valence-corrected chi connectivity index (χ2v) is 7.71. The van der Waals surface area contributed by atoms with E-state index in [-0.39, 0.29) is 5.91 Å². The van der Waals surface area contributed by atoms with Crippen LogP contribution in [0.5, 0.6) is 11.5 Å². The van der Waals surface area contributed by atoms with Crippen LogP contribution in [0, 0.1) is 0 Å². The molecule has 3 aromatic rings. The lowest BCUT2D eigenvalue weighted by atomic mass is 10.2. The summed E-state index contributed by atoms with van der Waals surface area (Å²) in [5, 5.41) is 7.25. The Bertz CT molecular complexity index is 1020. The highest BCUT2D eigenvalue weighted by Gasteiger charge is 2.13. The number of rotatable bonds is 9. The molecule has 7 heteroatoms. The van der Waals surface area contributed by atoms with Crippen molar-refractivity contribution < 1.29 is 14.3 Å². The van der Waals surface area contributed by atoms with Crippen LogP contribution in [0.25, 0.3) is 0 Å². The molecular weight excluding hydrogens is 435 g/mol. The van der Waals surface area contributed by atoms with Crippen molar-refractivity contribution in [1.82, 2.24) is 0 Å². The molecule has 0 atom stereocenters. The number of anilines is 2. The maximum atomic E-state index is 11.1. The lowest BCUT2D eigenvalue weighted by Gasteiger charge is -2.16. The fraction of sp³-hybridized carbons (Fsp3) is 0.208. The third kappa shape index (κ3) is 6.81. The lowest BCUT2D eigenvalue weighted by molar-refractivity contribution is -0.114. The van der Waals surface area contributed by atoms with Gasteiger partial charge in [0.15, 0.2) is 11.5 Å². The highest BCUT2D eigenvalue weighted by molar-refractivity contribution is 6.32. The van der Waals surface area contributed by atoms with E-state index < -0.39 is 0 Å². The number of halogens is 2. The molecule has 162 valence electrons. The SMILES string of the molecule is CCOc1cc(CNc2ccc(NC(C)=O)cc2)cc(Cl)c1OCc1ccc(Cl)cc1. The highest BCUT2D eigenvalue weighted by atomic mass is 35.5.